The first-order valence-corrected chi connectivity index (χ1v) is 5.83. The molecule has 1 aliphatic rings. The molecular formula is C11H16ClN3O. The molecule has 1 aromatic rings. The third-order valence-electron chi connectivity index (χ3n) is 3.06. The molecule has 5 heteroatoms. The van der Waals surface area contributed by atoms with E-state index in [9.17, 15) is 0 Å². The Morgan fingerprint density at radius 1 is 1.56 bits per heavy atom. The SMILES string of the molecule is COCCC1(CNc2ccnc(Cl)n2)CC1. The van der Waals surface area contributed by atoms with E-state index in [1.165, 1.54) is 12.8 Å². The maximum Gasteiger partial charge on any atom is 0.224 e. The van der Waals surface area contributed by atoms with Crippen molar-refractivity contribution in [3.8, 4) is 0 Å². The number of halogens is 1. The topological polar surface area (TPSA) is 47.0 Å². The number of aromatic nitrogens is 2. The van der Waals surface area contributed by atoms with Gasteiger partial charge in [0.2, 0.25) is 5.28 Å². The molecular weight excluding hydrogens is 226 g/mol. The summed E-state index contributed by atoms with van der Waals surface area (Å²) in [4.78, 5) is 7.94. The highest BCUT2D eigenvalue weighted by Crippen LogP contribution is 2.48. The van der Waals surface area contributed by atoms with Crippen molar-refractivity contribution >= 4 is 17.4 Å². The third kappa shape index (κ3) is 3.06. The van der Waals surface area contributed by atoms with Crippen molar-refractivity contribution in [2.45, 2.75) is 19.3 Å². The number of nitrogens with zero attached hydrogens (tertiary/aromatic N) is 2. The van der Waals surface area contributed by atoms with E-state index >= 15 is 0 Å². The van der Waals surface area contributed by atoms with Gasteiger partial charge in [-0.1, -0.05) is 0 Å². The highest BCUT2D eigenvalue weighted by atomic mass is 35.5. The summed E-state index contributed by atoms with van der Waals surface area (Å²) in [6, 6.07) is 1.83. The van der Waals surface area contributed by atoms with Gasteiger partial charge in [-0.2, -0.15) is 0 Å². The standard InChI is InChI=1S/C11H16ClN3O/c1-16-7-5-11(3-4-11)8-14-9-2-6-13-10(12)15-9/h2,6H,3-5,7-8H2,1H3,(H,13,14,15). The molecule has 2 rings (SSSR count). The Morgan fingerprint density at radius 3 is 3.00 bits per heavy atom. The van der Waals surface area contributed by atoms with E-state index in [1.54, 1.807) is 13.3 Å². The van der Waals surface area contributed by atoms with Crippen LogP contribution in [0.15, 0.2) is 12.3 Å². The fraction of sp³-hybridized carbons (Fsp3) is 0.636. The zero-order valence-electron chi connectivity index (χ0n) is 9.37. The fourth-order valence-electron chi connectivity index (χ4n) is 1.72. The predicted octanol–water partition coefficient (Wildman–Crippen LogP) is 2.36. The Kier molecular flexibility index (Phi) is 3.61. The summed E-state index contributed by atoms with van der Waals surface area (Å²) in [6.45, 7) is 1.76. The molecule has 0 radical (unpaired) electrons. The van der Waals surface area contributed by atoms with Gasteiger partial charge in [0.1, 0.15) is 5.82 Å². The number of rotatable bonds is 6. The lowest BCUT2D eigenvalue weighted by Crippen LogP contribution is -2.17. The number of nitrogens with one attached hydrogen (secondary N) is 1. The molecule has 1 N–H and O–H groups in total. The van der Waals surface area contributed by atoms with Crippen LogP contribution in [0.25, 0.3) is 0 Å². The molecule has 0 aromatic carbocycles. The van der Waals surface area contributed by atoms with E-state index in [4.69, 9.17) is 16.3 Å². The van der Waals surface area contributed by atoms with E-state index in [0.29, 0.717) is 5.41 Å². The lowest BCUT2D eigenvalue weighted by Gasteiger charge is -2.15. The van der Waals surface area contributed by atoms with Crippen LogP contribution in [0.3, 0.4) is 0 Å². The Labute approximate surface area is 100 Å². The molecule has 1 heterocycles. The lowest BCUT2D eigenvalue weighted by atomic mass is 10.0. The van der Waals surface area contributed by atoms with E-state index in [0.717, 1.165) is 25.4 Å². The molecule has 0 saturated heterocycles. The van der Waals surface area contributed by atoms with Gasteiger partial charge in [-0.15, -0.1) is 0 Å². The minimum atomic E-state index is 0.284. The summed E-state index contributed by atoms with van der Waals surface area (Å²) in [6.07, 6.45) is 5.30. The van der Waals surface area contributed by atoms with Gasteiger partial charge in [0, 0.05) is 26.5 Å². The molecule has 1 aromatic heterocycles. The summed E-state index contributed by atoms with van der Waals surface area (Å²) in [5.41, 5.74) is 0.410. The average molecular weight is 242 g/mol. The molecule has 4 nitrogen and oxygen atoms in total. The maximum absolute atomic E-state index is 5.71. The van der Waals surface area contributed by atoms with Crippen molar-refractivity contribution in [1.29, 1.82) is 0 Å². The molecule has 1 fully saturated rings. The van der Waals surface area contributed by atoms with Gasteiger partial charge in [-0.3, -0.25) is 0 Å². The van der Waals surface area contributed by atoms with Gasteiger partial charge in [-0.25, -0.2) is 9.97 Å². The Bertz CT molecular complexity index is 355. The normalized spacial score (nSPS) is 17.1. The van der Waals surface area contributed by atoms with Crippen molar-refractivity contribution in [2.24, 2.45) is 5.41 Å². The minimum Gasteiger partial charge on any atom is -0.385 e. The molecule has 0 atom stereocenters. The Balaban J connectivity index is 1.83. The molecule has 1 saturated carbocycles. The second kappa shape index (κ2) is 4.97. The Hall–Kier alpha value is -0.870. The monoisotopic (exact) mass is 241 g/mol. The number of hydrogen-bond donors (Lipinski definition) is 1. The first-order valence-electron chi connectivity index (χ1n) is 5.45. The quantitative estimate of drug-likeness (QED) is 0.777. The van der Waals surface area contributed by atoms with E-state index < -0.39 is 0 Å². The van der Waals surface area contributed by atoms with Gasteiger partial charge >= 0.3 is 0 Å². The molecule has 0 amide bonds. The van der Waals surface area contributed by atoms with Gasteiger partial charge in [0.05, 0.1) is 0 Å². The minimum absolute atomic E-state index is 0.284. The summed E-state index contributed by atoms with van der Waals surface area (Å²) in [5, 5.41) is 3.59. The number of methoxy groups -OCH3 is 1. The van der Waals surface area contributed by atoms with Crippen LogP contribution >= 0.6 is 11.6 Å². The van der Waals surface area contributed by atoms with E-state index in [2.05, 4.69) is 15.3 Å². The van der Waals surface area contributed by atoms with Gasteiger partial charge in [-0.05, 0) is 42.3 Å². The summed E-state index contributed by atoms with van der Waals surface area (Å²) in [7, 11) is 1.74. The maximum atomic E-state index is 5.71. The largest absolute Gasteiger partial charge is 0.385 e. The smallest absolute Gasteiger partial charge is 0.224 e. The second-order valence-corrected chi connectivity index (χ2v) is 4.65. The van der Waals surface area contributed by atoms with Crippen LogP contribution in [0.5, 0.6) is 0 Å². The average Bonchev–Trinajstić information content (AvgIpc) is 3.05. The van der Waals surface area contributed by atoms with Crippen molar-refractivity contribution in [1.82, 2.24) is 9.97 Å². The van der Waals surface area contributed by atoms with Crippen LogP contribution in [-0.2, 0) is 4.74 Å². The summed E-state index contributed by atoms with van der Waals surface area (Å²) >= 11 is 5.71. The highest BCUT2D eigenvalue weighted by Gasteiger charge is 2.41. The van der Waals surface area contributed by atoms with Crippen LogP contribution in [0.4, 0.5) is 5.82 Å². The summed E-state index contributed by atoms with van der Waals surface area (Å²) in [5.74, 6) is 0.795. The molecule has 0 aliphatic heterocycles. The molecule has 88 valence electrons. The lowest BCUT2D eigenvalue weighted by molar-refractivity contribution is 0.175. The summed E-state index contributed by atoms with van der Waals surface area (Å²) < 4.78 is 5.11. The number of hydrogen-bond acceptors (Lipinski definition) is 4. The van der Waals surface area contributed by atoms with Gasteiger partial charge in [0.15, 0.2) is 0 Å². The number of anilines is 1. The van der Waals surface area contributed by atoms with Gasteiger partial charge < -0.3 is 10.1 Å². The predicted molar refractivity (Wildman–Crippen MR) is 63.7 cm³/mol. The van der Waals surface area contributed by atoms with Crippen LogP contribution in [0, 0.1) is 5.41 Å². The number of ether oxygens (including phenoxy) is 1. The molecule has 0 bridgehead atoms. The van der Waals surface area contributed by atoms with Crippen molar-refractivity contribution in [2.75, 3.05) is 25.6 Å². The van der Waals surface area contributed by atoms with Crippen LogP contribution < -0.4 is 5.32 Å². The third-order valence-corrected chi connectivity index (χ3v) is 3.25. The van der Waals surface area contributed by atoms with E-state index in [1.807, 2.05) is 6.07 Å². The van der Waals surface area contributed by atoms with Crippen molar-refractivity contribution in [3.05, 3.63) is 17.5 Å². The zero-order valence-corrected chi connectivity index (χ0v) is 10.1. The second-order valence-electron chi connectivity index (χ2n) is 4.31. The Morgan fingerprint density at radius 2 is 2.38 bits per heavy atom. The van der Waals surface area contributed by atoms with Crippen molar-refractivity contribution < 1.29 is 4.74 Å². The molecule has 0 spiro atoms. The highest BCUT2D eigenvalue weighted by molar-refractivity contribution is 6.28. The van der Waals surface area contributed by atoms with E-state index in [-0.39, 0.29) is 5.28 Å². The molecule has 0 unspecified atom stereocenters. The first-order chi connectivity index (χ1) is 7.74. The van der Waals surface area contributed by atoms with Crippen LogP contribution in [0.1, 0.15) is 19.3 Å². The van der Waals surface area contributed by atoms with Gasteiger partial charge in [0.25, 0.3) is 0 Å². The van der Waals surface area contributed by atoms with Crippen molar-refractivity contribution in [3.63, 3.8) is 0 Å². The zero-order chi connectivity index (χ0) is 11.4. The van der Waals surface area contributed by atoms with Crippen LogP contribution in [-0.4, -0.2) is 30.2 Å². The van der Waals surface area contributed by atoms with Crippen LogP contribution in [0.2, 0.25) is 5.28 Å². The molecule has 1 aliphatic carbocycles. The molecule has 16 heavy (non-hydrogen) atoms. The first kappa shape index (κ1) is 11.6. The fourth-order valence-corrected chi connectivity index (χ4v) is 1.87.